The predicted molar refractivity (Wildman–Crippen MR) is 86.6 cm³/mol. The molecule has 0 aliphatic carbocycles. The molecule has 2 aromatic carbocycles. The fourth-order valence-corrected chi connectivity index (χ4v) is 4.56. The van der Waals surface area contributed by atoms with Crippen molar-refractivity contribution < 1.29 is 8.42 Å². The van der Waals surface area contributed by atoms with E-state index in [1.807, 2.05) is 24.3 Å². The number of hydrogen-bond donors (Lipinski definition) is 1. The van der Waals surface area contributed by atoms with Crippen LogP contribution in [0.3, 0.4) is 0 Å². The van der Waals surface area contributed by atoms with Crippen LogP contribution in [-0.4, -0.2) is 13.4 Å². The van der Waals surface area contributed by atoms with Gasteiger partial charge >= 0.3 is 0 Å². The number of rotatable bonds is 3. The maximum atomic E-state index is 12.4. The molecule has 108 valence electrons. The zero-order valence-corrected chi connectivity index (χ0v) is 13.4. The molecule has 0 atom stereocenters. The normalized spacial score (nSPS) is 11.7. The van der Waals surface area contributed by atoms with Crippen LogP contribution >= 0.6 is 22.9 Å². The first-order chi connectivity index (χ1) is 9.95. The van der Waals surface area contributed by atoms with E-state index in [0.29, 0.717) is 15.7 Å². The van der Waals surface area contributed by atoms with Gasteiger partial charge in [0.25, 0.3) is 10.0 Å². The summed E-state index contributed by atoms with van der Waals surface area (Å²) in [5.41, 5.74) is 1.40. The Morgan fingerprint density at radius 1 is 1.19 bits per heavy atom. The van der Waals surface area contributed by atoms with Gasteiger partial charge in [-0.15, -0.1) is 0 Å². The summed E-state index contributed by atoms with van der Waals surface area (Å²) in [5, 5.41) is 0.723. The fourth-order valence-electron chi connectivity index (χ4n) is 1.95. The molecule has 0 radical (unpaired) electrons. The fraction of sp³-hybridized carbons (Fsp3) is 0.0714. The van der Waals surface area contributed by atoms with Crippen LogP contribution in [0.2, 0.25) is 5.02 Å². The van der Waals surface area contributed by atoms with Crippen molar-refractivity contribution in [2.45, 2.75) is 11.8 Å². The van der Waals surface area contributed by atoms with E-state index in [9.17, 15) is 8.42 Å². The first-order valence-corrected chi connectivity index (χ1v) is 8.78. The summed E-state index contributed by atoms with van der Waals surface area (Å²) >= 11 is 7.18. The highest BCUT2D eigenvalue weighted by Gasteiger charge is 2.19. The number of para-hydroxylation sites is 1. The van der Waals surface area contributed by atoms with E-state index in [0.717, 1.165) is 10.2 Å². The Morgan fingerprint density at radius 3 is 2.71 bits per heavy atom. The lowest BCUT2D eigenvalue weighted by Gasteiger charge is -2.08. The molecule has 1 heterocycles. The Bertz CT molecular complexity index is 887. The minimum atomic E-state index is -3.70. The van der Waals surface area contributed by atoms with Crippen molar-refractivity contribution in [1.29, 1.82) is 0 Å². The quantitative estimate of drug-likeness (QED) is 0.783. The van der Waals surface area contributed by atoms with E-state index in [4.69, 9.17) is 11.6 Å². The second kappa shape index (κ2) is 5.29. The van der Waals surface area contributed by atoms with Gasteiger partial charge in [-0.3, -0.25) is 4.72 Å². The second-order valence-corrected chi connectivity index (χ2v) is 7.62. The predicted octanol–water partition coefficient (Wildman–Crippen LogP) is 4.06. The molecule has 3 aromatic rings. The average Bonchev–Trinajstić information content (AvgIpc) is 2.82. The summed E-state index contributed by atoms with van der Waals surface area (Å²) in [4.78, 5) is 4.43. The van der Waals surface area contributed by atoms with Crippen LogP contribution < -0.4 is 4.72 Å². The molecule has 0 saturated carbocycles. The first-order valence-electron chi connectivity index (χ1n) is 6.10. The molecule has 0 aliphatic heterocycles. The van der Waals surface area contributed by atoms with Gasteiger partial charge in [0, 0.05) is 5.02 Å². The molecule has 1 aromatic heterocycles. The Hall–Kier alpha value is -1.63. The van der Waals surface area contributed by atoms with E-state index >= 15 is 0 Å². The van der Waals surface area contributed by atoms with Crippen LogP contribution in [0.4, 0.5) is 5.13 Å². The van der Waals surface area contributed by atoms with Gasteiger partial charge in [0.1, 0.15) is 0 Å². The van der Waals surface area contributed by atoms with Crippen LogP contribution in [0.25, 0.3) is 10.2 Å². The molecule has 0 spiro atoms. The van der Waals surface area contributed by atoms with Crippen molar-refractivity contribution >= 4 is 48.3 Å². The number of aromatic nitrogens is 1. The smallest absolute Gasteiger partial charge is 0.255 e. The largest absolute Gasteiger partial charge is 0.263 e. The van der Waals surface area contributed by atoms with Crippen molar-refractivity contribution in [2.24, 2.45) is 0 Å². The minimum absolute atomic E-state index is 0.161. The topological polar surface area (TPSA) is 59.1 Å². The molecule has 0 fully saturated rings. The SMILES string of the molecule is Cc1ccc(Cl)cc1S(=O)(=O)Nc1nc2ccccc2s1. The number of hydrogen-bond acceptors (Lipinski definition) is 4. The van der Waals surface area contributed by atoms with Crippen molar-refractivity contribution in [1.82, 2.24) is 4.98 Å². The molecule has 0 unspecified atom stereocenters. The standard InChI is InChI=1S/C14H11ClN2O2S2/c1-9-6-7-10(15)8-13(9)21(18,19)17-14-16-11-4-2-3-5-12(11)20-14/h2-8H,1H3,(H,16,17). The molecule has 0 amide bonds. The maximum Gasteiger partial charge on any atom is 0.263 e. The van der Waals surface area contributed by atoms with E-state index in [-0.39, 0.29) is 4.90 Å². The zero-order chi connectivity index (χ0) is 15.0. The monoisotopic (exact) mass is 338 g/mol. The third kappa shape index (κ3) is 2.88. The highest BCUT2D eigenvalue weighted by atomic mass is 35.5. The van der Waals surface area contributed by atoms with Gasteiger partial charge < -0.3 is 0 Å². The van der Waals surface area contributed by atoms with Gasteiger partial charge in [-0.1, -0.05) is 41.1 Å². The van der Waals surface area contributed by atoms with Crippen molar-refractivity contribution in [3.8, 4) is 0 Å². The Kier molecular flexibility index (Phi) is 3.61. The molecule has 7 heteroatoms. The van der Waals surface area contributed by atoms with Crippen LogP contribution in [0.5, 0.6) is 0 Å². The summed E-state index contributed by atoms with van der Waals surface area (Å²) in [6.07, 6.45) is 0. The van der Waals surface area contributed by atoms with E-state index in [1.165, 1.54) is 17.4 Å². The Balaban J connectivity index is 2.01. The Labute approximate surface area is 131 Å². The number of nitrogens with one attached hydrogen (secondary N) is 1. The van der Waals surface area contributed by atoms with Crippen molar-refractivity contribution in [3.05, 3.63) is 53.1 Å². The summed E-state index contributed by atoms with van der Waals surface area (Å²) in [6, 6.07) is 12.3. The number of anilines is 1. The van der Waals surface area contributed by atoms with E-state index in [1.54, 1.807) is 19.1 Å². The Morgan fingerprint density at radius 2 is 1.95 bits per heavy atom. The van der Waals surface area contributed by atoms with Gasteiger partial charge in [-0.2, -0.15) is 0 Å². The summed E-state index contributed by atoms with van der Waals surface area (Å²) in [6.45, 7) is 1.73. The number of halogens is 1. The highest BCUT2D eigenvalue weighted by molar-refractivity contribution is 7.93. The lowest BCUT2D eigenvalue weighted by Crippen LogP contribution is -2.14. The summed E-state index contributed by atoms with van der Waals surface area (Å²) < 4.78 is 28.3. The lowest BCUT2D eigenvalue weighted by molar-refractivity contribution is 0.600. The first kappa shape index (κ1) is 14.3. The van der Waals surface area contributed by atoms with Crippen LogP contribution in [0.15, 0.2) is 47.4 Å². The average molecular weight is 339 g/mol. The molecule has 4 nitrogen and oxygen atoms in total. The lowest BCUT2D eigenvalue weighted by atomic mass is 10.2. The van der Waals surface area contributed by atoms with E-state index in [2.05, 4.69) is 9.71 Å². The molecule has 0 saturated heterocycles. The van der Waals surface area contributed by atoms with Crippen molar-refractivity contribution in [2.75, 3.05) is 4.72 Å². The van der Waals surface area contributed by atoms with E-state index < -0.39 is 10.0 Å². The van der Waals surface area contributed by atoms with Gasteiger partial charge in [-0.25, -0.2) is 13.4 Å². The second-order valence-electron chi connectivity index (χ2n) is 4.50. The zero-order valence-electron chi connectivity index (χ0n) is 11.0. The van der Waals surface area contributed by atoms with Crippen molar-refractivity contribution in [3.63, 3.8) is 0 Å². The molecular formula is C14H11ClN2O2S2. The number of aryl methyl sites for hydroxylation is 1. The number of fused-ring (bicyclic) bond motifs is 1. The third-order valence-corrected chi connectivity index (χ3v) is 5.75. The summed E-state index contributed by atoms with van der Waals surface area (Å²) in [5.74, 6) is 0. The third-order valence-electron chi connectivity index (χ3n) is 2.96. The van der Waals surface area contributed by atoms with Crippen LogP contribution in [-0.2, 0) is 10.0 Å². The highest BCUT2D eigenvalue weighted by Crippen LogP contribution is 2.28. The van der Waals surface area contributed by atoms with Gasteiger partial charge in [0.2, 0.25) is 0 Å². The molecule has 1 N–H and O–H groups in total. The molecule has 3 rings (SSSR count). The number of thiazole rings is 1. The molecule has 21 heavy (non-hydrogen) atoms. The molecule has 0 bridgehead atoms. The van der Waals surface area contributed by atoms with Gasteiger partial charge in [-0.05, 0) is 36.8 Å². The molecule has 0 aliphatic rings. The number of benzene rings is 2. The number of sulfonamides is 1. The molecular weight excluding hydrogens is 328 g/mol. The van der Waals surface area contributed by atoms with Crippen LogP contribution in [0, 0.1) is 6.92 Å². The van der Waals surface area contributed by atoms with Crippen LogP contribution in [0.1, 0.15) is 5.56 Å². The maximum absolute atomic E-state index is 12.4. The van der Waals surface area contributed by atoms with Gasteiger partial charge in [0.05, 0.1) is 15.1 Å². The minimum Gasteiger partial charge on any atom is -0.255 e. The number of nitrogens with zero attached hydrogens (tertiary/aromatic N) is 1. The van der Waals surface area contributed by atoms with Gasteiger partial charge in [0.15, 0.2) is 5.13 Å². The summed E-state index contributed by atoms with van der Waals surface area (Å²) in [7, 11) is -3.70.